The Bertz CT molecular complexity index is 1130. The van der Waals surface area contributed by atoms with E-state index in [-0.39, 0.29) is 22.6 Å². The predicted molar refractivity (Wildman–Crippen MR) is 104 cm³/mol. The van der Waals surface area contributed by atoms with E-state index in [0.717, 1.165) is 11.1 Å². The van der Waals surface area contributed by atoms with E-state index in [9.17, 15) is 13.4 Å². The minimum Gasteiger partial charge on any atom is -0.475 e. The first-order chi connectivity index (χ1) is 13.9. The van der Waals surface area contributed by atoms with Gasteiger partial charge in [-0.3, -0.25) is 0 Å². The predicted octanol–water partition coefficient (Wildman–Crippen LogP) is 1.13. The normalized spacial score (nSPS) is 20.7. The third kappa shape index (κ3) is 2.83. The van der Waals surface area contributed by atoms with Crippen LogP contribution < -0.4 is 20.5 Å². The summed E-state index contributed by atoms with van der Waals surface area (Å²) < 4.78 is 38.2. The third-order valence-corrected chi connectivity index (χ3v) is 7.21. The number of aromatic nitrogens is 2. The van der Waals surface area contributed by atoms with Crippen LogP contribution in [0.5, 0.6) is 5.88 Å². The standard InChI is InChI=1S/C18H21FN6O3S/c1-21-9-7-25-17(28-8-9)14(6-22-25)29(20,27)24-18(26)23-16-12-4-2-10(12)15(19)11-3-5-13(11)16/h6,9,21H,2-5,7-8H2,1H3,(H3,20,23,24,26,27). The number of nitrogens with one attached hydrogen (secondary N) is 2. The number of amides is 2. The van der Waals surface area contributed by atoms with E-state index in [1.54, 1.807) is 4.68 Å². The largest absolute Gasteiger partial charge is 0.475 e. The molecule has 0 saturated heterocycles. The molecule has 154 valence electrons. The van der Waals surface area contributed by atoms with Crippen molar-refractivity contribution in [3.63, 3.8) is 0 Å². The van der Waals surface area contributed by atoms with E-state index in [4.69, 9.17) is 9.88 Å². The van der Waals surface area contributed by atoms with Crippen LogP contribution >= 0.6 is 0 Å². The Labute approximate surface area is 167 Å². The quantitative estimate of drug-likeness (QED) is 0.687. The van der Waals surface area contributed by atoms with Gasteiger partial charge in [0.1, 0.15) is 17.3 Å². The van der Waals surface area contributed by atoms with E-state index in [1.165, 1.54) is 6.20 Å². The average Bonchev–Trinajstić information content (AvgIpc) is 3.02. The van der Waals surface area contributed by atoms with E-state index < -0.39 is 15.9 Å². The van der Waals surface area contributed by atoms with Crippen molar-refractivity contribution in [2.75, 3.05) is 19.0 Å². The molecular formula is C18H21FN6O3S. The van der Waals surface area contributed by atoms with Crippen LogP contribution in [0.4, 0.5) is 14.9 Å². The van der Waals surface area contributed by atoms with Crippen LogP contribution in [-0.2, 0) is 42.1 Å². The van der Waals surface area contributed by atoms with Gasteiger partial charge in [0.05, 0.1) is 18.8 Å². The molecule has 0 spiro atoms. The lowest BCUT2D eigenvalue weighted by atomic mass is 9.76. The first-order valence-electron chi connectivity index (χ1n) is 9.45. The van der Waals surface area contributed by atoms with E-state index in [2.05, 4.69) is 20.1 Å². The third-order valence-electron chi connectivity index (χ3n) is 5.86. The fourth-order valence-corrected chi connectivity index (χ4v) is 5.06. The maximum atomic E-state index is 14.3. The SMILES string of the molecule is CNC1COc2c(S(N)(=O)=NC(=O)Nc3c4c(c(F)c5c3CC5)CC4)cnn2C1. The van der Waals surface area contributed by atoms with Crippen LogP contribution in [0.2, 0.25) is 0 Å². The number of nitrogens with two attached hydrogens (primary N) is 1. The van der Waals surface area contributed by atoms with Gasteiger partial charge in [0.15, 0.2) is 9.92 Å². The topological polar surface area (TPSA) is 124 Å². The van der Waals surface area contributed by atoms with E-state index >= 15 is 0 Å². The van der Waals surface area contributed by atoms with Crippen molar-refractivity contribution in [1.29, 1.82) is 0 Å². The van der Waals surface area contributed by atoms with Crippen LogP contribution in [0.25, 0.3) is 0 Å². The molecule has 1 aliphatic heterocycles. The molecule has 29 heavy (non-hydrogen) atoms. The Hall–Kier alpha value is -2.50. The highest BCUT2D eigenvalue weighted by molar-refractivity contribution is 7.91. The Morgan fingerprint density at radius 1 is 1.31 bits per heavy atom. The summed E-state index contributed by atoms with van der Waals surface area (Å²) in [5.74, 6) is 0.115. The smallest absolute Gasteiger partial charge is 0.354 e. The van der Waals surface area contributed by atoms with Crippen LogP contribution in [0.1, 0.15) is 22.3 Å². The number of hydrogen-bond donors (Lipinski definition) is 3. The number of nitrogens with zero attached hydrogens (tertiary/aromatic N) is 3. The van der Waals surface area contributed by atoms with Gasteiger partial charge in [0.2, 0.25) is 5.88 Å². The Kier molecular flexibility index (Phi) is 4.16. The number of benzene rings is 1. The maximum absolute atomic E-state index is 14.3. The van der Waals surface area contributed by atoms with Crippen molar-refractivity contribution >= 4 is 21.6 Å². The summed E-state index contributed by atoms with van der Waals surface area (Å²) >= 11 is 0. The molecular weight excluding hydrogens is 399 g/mol. The summed E-state index contributed by atoms with van der Waals surface area (Å²) in [6.45, 7) is 0.895. The zero-order chi connectivity index (χ0) is 20.3. The van der Waals surface area contributed by atoms with Gasteiger partial charge in [0, 0.05) is 5.69 Å². The summed E-state index contributed by atoms with van der Waals surface area (Å²) in [6, 6.07) is -0.754. The number of carbonyl (C=O) groups excluding carboxylic acids is 1. The van der Waals surface area contributed by atoms with Gasteiger partial charge in [-0.2, -0.15) is 5.10 Å². The van der Waals surface area contributed by atoms with Gasteiger partial charge in [-0.15, -0.1) is 4.36 Å². The number of urea groups is 1. The van der Waals surface area contributed by atoms with E-state index in [0.29, 0.717) is 55.6 Å². The number of hydrogen-bond acceptors (Lipinski definition) is 5. The van der Waals surface area contributed by atoms with E-state index in [1.807, 2.05) is 7.05 Å². The second-order valence-corrected chi connectivity index (χ2v) is 9.25. The van der Waals surface area contributed by atoms with Crippen molar-refractivity contribution in [3.8, 4) is 5.88 Å². The fraction of sp³-hybridized carbons (Fsp3) is 0.444. The van der Waals surface area contributed by atoms with Crippen LogP contribution in [0.15, 0.2) is 15.5 Å². The van der Waals surface area contributed by atoms with Crippen LogP contribution in [0.3, 0.4) is 0 Å². The summed E-state index contributed by atoms with van der Waals surface area (Å²) in [5, 5.41) is 15.8. The molecule has 2 amide bonds. The molecule has 1 aromatic heterocycles. The maximum Gasteiger partial charge on any atom is 0.354 e. The zero-order valence-electron chi connectivity index (χ0n) is 15.8. The van der Waals surface area contributed by atoms with Crippen molar-refractivity contribution in [2.45, 2.75) is 43.2 Å². The minimum atomic E-state index is -3.56. The number of carbonyl (C=O) groups is 1. The number of fused-ring (bicyclic) bond motifs is 3. The van der Waals surface area contributed by atoms with Crippen molar-refractivity contribution in [2.24, 2.45) is 9.50 Å². The molecule has 2 aromatic rings. The molecule has 4 N–H and O–H groups in total. The Morgan fingerprint density at radius 2 is 1.97 bits per heavy atom. The molecule has 2 aliphatic carbocycles. The molecule has 0 bridgehead atoms. The molecule has 0 radical (unpaired) electrons. The Balaban J connectivity index is 1.44. The average molecular weight is 420 g/mol. The van der Waals surface area contributed by atoms with Gasteiger partial charge in [-0.1, -0.05) is 0 Å². The highest BCUT2D eigenvalue weighted by atomic mass is 32.2. The second kappa shape index (κ2) is 6.51. The van der Waals surface area contributed by atoms with Crippen molar-refractivity contribution in [1.82, 2.24) is 15.1 Å². The summed E-state index contributed by atoms with van der Waals surface area (Å²) in [5.41, 5.74) is 3.52. The lowest BCUT2D eigenvalue weighted by Crippen LogP contribution is -2.40. The summed E-state index contributed by atoms with van der Waals surface area (Å²) in [6.07, 6.45) is 4.05. The first-order valence-corrected chi connectivity index (χ1v) is 11.0. The molecule has 1 aromatic carbocycles. The number of halogens is 1. The highest BCUT2D eigenvalue weighted by Crippen LogP contribution is 2.43. The van der Waals surface area contributed by atoms with Crippen LogP contribution in [0, 0.1) is 5.82 Å². The molecule has 3 aliphatic rings. The molecule has 0 saturated carbocycles. The molecule has 0 fully saturated rings. The highest BCUT2D eigenvalue weighted by Gasteiger charge is 2.33. The van der Waals surface area contributed by atoms with Gasteiger partial charge in [-0.05, 0) is 55.0 Å². The van der Waals surface area contributed by atoms with Gasteiger partial charge < -0.3 is 15.4 Å². The lowest BCUT2D eigenvalue weighted by Gasteiger charge is -2.32. The lowest BCUT2D eigenvalue weighted by molar-refractivity contribution is 0.184. The number of anilines is 1. The summed E-state index contributed by atoms with van der Waals surface area (Å²) in [7, 11) is -1.75. The molecule has 2 unspecified atom stereocenters. The Morgan fingerprint density at radius 3 is 2.55 bits per heavy atom. The van der Waals surface area contributed by atoms with Gasteiger partial charge in [0.25, 0.3) is 0 Å². The molecule has 5 rings (SSSR count). The molecule has 2 heterocycles. The zero-order valence-corrected chi connectivity index (χ0v) is 16.6. The monoisotopic (exact) mass is 420 g/mol. The molecule has 2 atom stereocenters. The number of rotatable bonds is 3. The van der Waals surface area contributed by atoms with Crippen molar-refractivity contribution < 1.29 is 18.1 Å². The summed E-state index contributed by atoms with van der Waals surface area (Å²) in [4.78, 5) is 12.6. The first kappa shape index (κ1) is 18.5. The van der Waals surface area contributed by atoms with Gasteiger partial charge >= 0.3 is 6.03 Å². The number of ether oxygens (including phenoxy) is 1. The second-order valence-electron chi connectivity index (χ2n) is 7.49. The van der Waals surface area contributed by atoms with Crippen molar-refractivity contribution in [3.05, 3.63) is 34.3 Å². The van der Waals surface area contributed by atoms with Crippen LogP contribution in [-0.4, -0.2) is 39.7 Å². The van der Waals surface area contributed by atoms with Gasteiger partial charge in [-0.25, -0.2) is 23.2 Å². The minimum absolute atomic E-state index is 0.0686. The fourth-order valence-electron chi connectivity index (χ4n) is 4.05. The molecule has 9 nitrogen and oxygen atoms in total. The number of likely N-dealkylation sites (N-methyl/N-ethyl adjacent to an activating group) is 1. The molecule has 11 heteroatoms.